The highest BCUT2D eigenvalue weighted by Crippen LogP contribution is 2.21. The largest absolute Gasteiger partial charge is 0.402 e. The zero-order valence-corrected chi connectivity index (χ0v) is 6.27. The quantitative estimate of drug-likeness (QED) is 0.357. The van der Waals surface area contributed by atoms with Gasteiger partial charge >= 0.3 is 0 Å². The lowest BCUT2D eigenvalue weighted by molar-refractivity contribution is -0.535. The monoisotopic (exact) mass is 168 g/mol. The van der Waals surface area contributed by atoms with Crippen LogP contribution in [0.25, 0.3) is 0 Å². The number of carbonyl (C=O) groups is 1. The van der Waals surface area contributed by atoms with Crippen molar-refractivity contribution in [1.82, 2.24) is 0 Å². The molecule has 0 spiro atoms. The van der Waals surface area contributed by atoms with Crippen LogP contribution >= 0.6 is 0 Å². The summed E-state index contributed by atoms with van der Waals surface area (Å²) in [5.41, 5.74) is 4.08. The van der Waals surface area contributed by atoms with Gasteiger partial charge in [0.05, 0.1) is 6.42 Å². The third-order valence-corrected chi connectivity index (χ3v) is 1.73. The van der Waals surface area contributed by atoms with Gasteiger partial charge < -0.3 is 5.73 Å². The van der Waals surface area contributed by atoms with Crippen LogP contribution < -0.4 is 5.73 Å². The SMILES string of the molecule is NC1=CC=CC(C=O)([N+](=O)[O-])C1. The maximum atomic E-state index is 10.5. The molecule has 2 N–H and O–H groups in total. The summed E-state index contributed by atoms with van der Waals surface area (Å²) in [4.78, 5) is 20.4. The van der Waals surface area contributed by atoms with Crippen LogP contribution in [-0.4, -0.2) is 16.7 Å². The summed E-state index contributed by atoms with van der Waals surface area (Å²) in [7, 11) is 0. The normalized spacial score (nSPS) is 27.8. The van der Waals surface area contributed by atoms with E-state index in [1.807, 2.05) is 0 Å². The first-order valence-electron chi connectivity index (χ1n) is 3.35. The lowest BCUT2D eigenvalue weighted by Gasteiger charge is -2.17. The zero-order valence-electron chi connectivity index (χ0n) is 6.27. The van der Waals surface area contributed by atoms with Gasteiger partial charge in [-0.05, 0) is 12.2 Å². The molecule has 0 fully saturated rings. The van der Waals surface area contributed by atoms with Gasteiger partial charge in [0.1, 0.15) is 0 Å². The summed E-state index contributed by atoms with van der Waals surface area (Å²) in [6.07, 6.45) is 4.49. The first-order chi connectivity index (χ1) is 5.60. The van der Waals surface area contributed by atoms with Crippen molar-refractivity contribution in [2.75, 3.05) is 0 Å². The molecule has 1 atom stereocenters. The Hall–Kier alpha value is -1.65. The molecule has 5 nitrogen and oxygen atoms in total. The highest BCUT2D eigenvalue weighted by molar-refractivity contribution is 5.67. The van der Waals surface area contributed by atoms with Crippen LogP contribution in [0.5, 0.6) is 0 Å². The predicted molar refractivity (Wildman–Crippen MR) is 41.8 cm³/mol. The molecule has 1 unspecified atom stereocenters. The molecule has 0 bridgehead atoms. The highest BCUT2D eigenvalue weighted by Gasteiger charge is 2.41. The third kappa shape index (κ3) is 1.20. The Morgan fingerprint density at radius 3 is 2.75 bits per heavy atom. The number of aldehydes is 1. The molecule has 1 aliphatic carbocycles. The van der Waals surface area contributed by atoms with Crippen molar-refractivity contribution in [2.24, 2.45) is 5.73 Å². The third-order valence-electron chi connectivity index (χ3n) is 1.73. The van der Waals surface area contributed by atoms with E-state index in [9.17, 15) is 14.9 Å². The van der Waals surface area contributed by atoms with E-state index >= 15 is 0 Å². The first kappa shape index (κ1) is 8.45. The molecule has 0 radical (unpaired) electrons. The van der Waals surface area contributed by atoms with Gasteiger partial charge in [-0.1, -0.05) is 6.08 Å². The van der Waals surface area contributed by atoms with Crippen molar-refractivity contribution in [2.45, 2.75) is 12.0 Å². The van der Waals surface area contributed by atoms with Crippen LogP contribution in [0, 0.1) is 10.1 Å². The van der Waals surface area contributed by atoms with Crippen molar-refractivity contribution in [1.29, 1.82) is 0 Å². The molecule has 0 saturated heterocycles. The molecule has 0 amide bonds. The molecular weight excluding hydrogens is 160 g/mol. The van der Waals surface area contributed by atoms with Crippen molar-refractivity contribution in [3.8, 4) is 0 Å². The van der Waals surface area contributed by atoms with Crippen LogP contribution in [0.3, 0.4) is 0 Å². The summed E-state index contributed by atoms with van der Waals surface area (Å²) < 4.78 is 0. The lowest BCUT2D eigenvalue weighted by atomic mass is 9.92. The molecule has 64 valence electrons. The van der Waals surface area contributed by atoms with Crippen LogP contribution in [0.4, 0.5) is 0 Å². The molecule has 12 heavy (non-hydrogen) atoms. The molecule has 1 aliphatic rings. The van der Waals surface area contributed by atoms with Gasteiger partial charge in [0.2, 0.25) is 6.29 Å². The fourth-order valence-corrected chi connectivity index (χ4v) is 1.03. The minimum Gasteiger partial charge on any atom is -0.402 e. The number of nitrogens with zero attached hydrogens (tertiary/aromatic N) is 1. The number of hydrogen-bond acceptors (Lipinski definition) is 4. The van der Waals surface area contributed by atoms with Crippen molar-refractivity contribution in [3.63, 3.8) is 0 Å². The summed E-state index contributed by atoms with van der Waals surface area (Å²) in [5, 5.41) is 10.5. The van der Waals surface area contributed by atoms with Gasteiger partial charge in [-0.3, -0.25) is 14.9 Å². The Balaban J connectivity index is 3.00. The number of nitro groups is 1. The number of hydrogen-bond donors (Lipinski definition) is 1. The van der Waals surface area contributed by atoms with Gasteiger partial charge in [0, 0.05) is 10.6 Å². The van der Waals surface area contributed by atoms with Crippen LogP contribution in [0.15, 0.2) is 23.9 Å². The minimum atomic E-state index is -1.64. The Labute approximate surface area is 68.7 Å². The highest BCUT2D eigenvalue weighted by atomic mass is 16.6. The van der Waals surface area contributed by atoms with Crippen molar-refractivity contribution >= 4 is 6.29 Å². The number of carbonyl (C=O) groups excluding carboxylic acids is 1. The van der Waals surface area contributed by atoms with Crippen LogP contribution in [-0.2, 0) is 4.79 Å². The van der Waals surface area contributed by atoms with E-state index in [1.54, 1.807) is 6.08 Å². The molecule has 0 aliphatic heterocycles. The lowest BCUT2D eigenvalue weighted by Crippen LogP contribution is -2.40. The fourth-order valence-electron chi connectivity index (χ4n) is 1.03. The molecule has 0 heterocycles. The maximum Gasteiger partial charge on any atom is 0.300 e. The Kier molecular flexibility index (Phi) is 1.95. The average Bonchev–Trinajstić information content (AvgIpc) is 2.04. The van der Waals surface area contributed by atoms with Crippen LogP contribution in [0.2, 0.25) is 0 Å². The maximum absolute atomic E-state index is 10.5. The fraction of sp³-hybridized carbons (Fsp3) is 0.286. The van der Waals surface area contributed by atoms with E-state index in [-0.39, 0.29) is 6.42 Å². The summed E-state index contributed by atoms with van der Waals surface area (Å²) >= 11 is 0. The molecule has 5 heteroatoms. The summed E-state index contributed by atoms with van der Waals surface area (Å²) in [6, 6.07) is 0. The van der Waals surface area contributed by atoms with Gasteiger partial charge in [-0.2, -0.15) is 0 Å². The van der Waals surface area contributed by atoms with Gasteiger partial charge in [0.15, 0.2) is 0 Å². The first-order valence-corrected chi connectivity index (χ1v) is 3.35. The predicted octanol–water partition coefficient (Wildman–Crippen LogP) is 0.00330. The van der Waals surface area contributed by atoms with E-state index in [0.717, 1.165) is 0 Å². The number of allylic oxidation sites excluding steroid dienone is 2. The zero-order chi connectivity index (χ0) is 9.19. The molecule has 0 aromatic heterocycles. The Bertz CT molecular complexity index is 282. The molecule has 1 rings (SSSR count). The number of rotatable bonds is 2. The average molecular weight is 168 g/mol. The number of nitrogens with two attached hydrogens (primary N) is 1. The minimum absolute atomic E-state index is 0.0417. The van der Waals surface area contributed by atoms with Gasteiger partial charge in [0.25, 0.3) is 5.54 Å². The molecular formula is C7H8N2O3. The Morgan fingerprint density at radius 2 is 2.42 bits per heavy atom. The van der Waals surface area contributed by atoms with E-state index in [2.05, 4.69) is 0 Å². The summed E-state index contributed by atoms with van der Waals surface area (Å²) in [6.45, 7) is 0. The molecule has 0 saturated carbocycles. The van der Waals surface area contributed by atoms with E-state index < -0.39 is 10.5 Å². The van der Waals surface area contributed by atoms with E-state index in [0.29, 0.717) is 12.0 Å². The van der Waals surface area contributed by atoms with Gasteiger partial charge in [-0.25, -0.2) is 0 Å². The molecule has 0 aromatic carbocycles. The second-order valence-corrected chi connectivity index (χ2v) is 2.64. The topological polar surface area (TPSA) is 86.2 Å². The van der Waals surface area contributed by atoms with E-state index in [4.69, 9.17) is 5.73 Å². The second kappa shape index (κ2) is 2.77. The van der Waals surface area contributed by atoms with Crippen molar-refractivity contribution < 1.29 is 9.72 Å². The van der Waals surface area contributed by atoms with Gasteiger partial charge in [-0.15, -0.1) is 0 Å². The standard InChI is InChI=1S/C7H8N2O3/c8-6-2-1-3-7(4-6,5-10)9(11)12/h1-3,5H,4,8H2. The Morgan fingerprint density at radius 1 is 1.75 bits per heavy atom. The summed E-state index contributed by atoms with van der Waals surface area (Å²) in [5.74, 6) is 0. The molecule has 0 aromatic rings. The smallest absolute Gasteiger partial charge is 0.300 e. The second-order valence-electron chi connectivity index (χ2n) is 2.64. The van der Waals surface area contributed by atoms with Crippen LogP contribution in [0.1, 0.15) is 6.42 Å². The van der Waals surface area contributed by atoms with Crippen molar-refractivity contribution in [3.05, 3.63) is 34.0 Å². The van der Waals surface area contributed by atoms with E-state index in [1.165, 1.54) is 12.2 Å².